The lowest BCUT2D eigenvalue weighted by molar-refractivity contribution is -0.385. The maximum absolute atomic E-state index is 10.4. The summed E-state index contributed by atoms with van der Waals surface area (Å²) < 4.78 is 0.928. The number of halogens is 1. The topological polar surface area (TPSA) is 43.1 Å². The highest BCUT2D eigenvalue weighted by atomic mass is 127. The second-order valence-electron chi connectivity index (χ2n) is 2.14. The molecule has 1 rings (SSSR count). The molecule has 0 aliphatic rings. The number of nitro groups is 1. The molecule has 0 spiro atoms. The number of benzene rings is 1. The van der Waals surface area contributed by atoms with Crippen LogP contribution in [-0.2, 0) is 0 Å². The molecule has 0 radical (unpaired) electrons. The van der Waals surface area contributed by atoms with Crippen molar-refractivity contribution in [2.24, 2.45) is 0 Å². The van der Waals surface area contributed by atoms with Gasteiger partial charge in [-0.3, -0.25) is 10.1 Å². The number of hydrogen-bond donors (Lipinski definition) is 0. The average Bonchev–Trinajstić information content (AvgIpc) is 1.94. The van der Waals surface area contributed by atoms with Gasteiger partial charge < -0.3 is 0 Å². The molecule has 0 atom stereocenters. The third-order valence-electron chi connectivity index (χ3n) is 1.44. The molecular formula is C7H6INO2. The minimum atomic E-state index is -0.364. The van der Waals surface area contributed by atoms with Gasteiger partial charge in [-0.2, -0.15) is 0 Å². The Labute approximate surface area is 77.7 Å². The van der Waals surface area contributed by atoms with Gasteiger partial charge in [-0.05, 0) is 35.6 Å². The molecule has 0 aromatic heterocycles. The number of nitrogens with zero attached hydrogens (tertiary/aromatic N) is 1. The van der Waals surface area contributed by atoms with Crippen molar-refractivity contribution in [3.8, 4) is 0 Å². The summed E-state index contributed by atoms with van der Waals surface area (Å²) in [7, 11) is 0. The Bertz CT molecular complexity index is 298. The van der Waals surface area contributed by atoms with Crippen LogP contribution in [0, 0.1) is 20.6 Å². The van der Waals surface area contributed by atoms with E-state index in [-0.39, 0.29) is 10.6 Å². The summed E-state index contributed by atoms with van der Waals surface area (Å²) in [6, 6.07) is 5.05. The zero-order valence-corrected chi connectivity index (χ0v) is 8.03. The van der Waals surface area contributed by atoms with Crippen molar-refractivity contribution >= 4 is 28.3 Å². The molecule has 0 saturated heterocycles. The Kier molecular flexibility index (Phi) is 2.43. The van der Waals surface area contributed by atoms with E-state index in [1.807, 2.05) is 6.07 Å². The molecule has 0 heterocycles. The predicted octanol–water partition coefficient (Wildman–Crippen LogP) is 2.51. The minimum absolute atomic E-state index is 0.192. The molecular weight excluding hydrogens is 257 g/mol. The Morgan fingerprint density at radius 3 is 2.64 bits per heavy atom. The molecule has 0 N–H and O–H groups in total. The van der Waals surface area contributed by atoms with Crippen LogP contribution in [0.15, 0.2) is 18.2 Å². The molecule has 58 valence electrons. The standard InChI is InChI=1S/C7H6INO2/c1-5-6(8)3-2-4-7(5)9(10)11/h2-4H,1H3. The van der Waals surface area contributed by atoms with Crippen LogP contribution in [-0.4, -0.2) is 4.92 Å². The zero-order valence-electron chi connectivity index (χ0n) is 5.87. The van der Waals surface area contributed by atoms with Crippen molar-refractivity contribution in [1.82, 2.24) is 0 Å². The van der Waals surface area contributed by atoms with Gasteiger partial charge in [0.05, 0.1) is 4.92 Å². The van der Waals surface area contributed by atoms with Crippen molar-refractivity contribution in [1.29, 1.82) is 0 Å². The summed E-state index contributed by atoms with van der Waals surface area (Å²) in [6.07, 6.45) is 0. The Balaban J connectivity index is 3.27. The highest BCUT2D eigenvalue weighted by Crippen LogP contribution is 2.21. The maximum atomic E-state index is 10.4. The van der Waals surface area contributed by atoms with Crippen molar-refractivity contribution in [3.63, 3.8) is 0 Å². The van der Waals surface area contributed by atoms with Gasteiger partial charge in [0, 0.05) is 15.2 Å². The lowest BCUT2D eigenvalue weighted by Crippen LogP contribution is -1.92. The Morgan fingerprint density at radius 1 is 1.55 bits per heavy atom. The van der Waals surface area contributed by atoms with Gasteiger partial charge in [0.1, 0.15) is 0 Å². The summed E-state index contributed by atoms with van der Waals surface area (Å²) in [6.45, 7) is 1.75. The Morgan fingerprint density at radius 2 is 2.18 bits per heavy atom. The van der Waals surface area contributed by atoms with Crippen molar-refractivity contribution < 1.29 is 4.92 Å². The first-order valence-corrected chi connectivity index (χ1v) is 4.10. The van der Waals surface area contributed by atoms with Crippen molar-refractivity contribution in [3.05, 3.63) is 37.4 Å². The molecule has 0 saturated carbocycles. The maximum Gasteiger partial charge on any atom is 0.273 e. The van der Waals surface area contributed by atoms with Gasteiger partial charge in [0.15, 0.2) is 0 Å². The molecule has 11 heavy (non-hydrogen) atoms. The fraction of sp³-hybridized carbons (Fsp3) is 0.143. The quantitative estimate of drug-likeness (QED) is 0.444. The van der Waals surface area contributed by atoms with Gasteiger partial charge in [-0.25, -0.2) is 0 Å². The molecule has 1 aromatic carbocycles. The van der Waals surface area contributed by atoms with Crippen molar-refractivity contribution in [2.45, 2.75) is 6.92 Å². The predicted molar refractivity (Wildman–Crippen MR) is 50.6 cm³/mol. The second kappa shape index (κ2) is 3.17. The first-order valence-electron chi connectivity index (χ1n) is 3.02. The van der Waals surface area contributed by atoms with Gasteiger partial charge in [-0.1, -0.05) is 6.07 Å². The van der Waals surface area contributed by atoms with Crippen LogP contribution < -0.4 is 0 Å². The summed E-state index contributed by atoms with van der Waals surface area (Å²) in [4.78, 5) is 10.0. The van der Waals surface area contributed by atoms with Crippen LogP contribution in [0.5, 0.6) is 0 Å². The molecule has 4 heteroatoms. The second-order valence-corrected chi connectivity index (χ2v) is 3.30. The normalized spacial score (nSPS) is 9.64. The smallest absolute Gasteiger partial charge is 0.258 e. The third-order valence-corrected chi connectivity index (χ3v) is 2.60. The van der Waals surface area contributed by atoms with E-state index in [1.165, 1.54) is 6.07 Å². The Hall–Kier alpha value is -0.650. The van der Waals surface area contributed by atoms with Crippen LogP contribution in [0.4, 0.5) is 5.69 Å². The van der Waals surface area contributed by atoms with E-state index in [9.17, 15) is 10.1 Å². The van der Waals surface area contributed by atoms with E-state index >= 15 is 0 Å². The molecule has 1 aromatic rings. The van der Waals surface area contributed by atoms with Gasteiger partial charge in [-0.15, -0.1) is 0 Å². The molecule has 0 fully saturated rings. The molecule has 0 bridgehead atoms. The highest BCUT2D eigenvalue weighted by Gasteiger charge is 2.10. The van der Waals surface area contributed by atoms with Crippen LogP contribution in [0.2, 0.25) is 0 Å². The summed E-state index contributed by atoms with van der Waals surface area (Å²) in [5, 5.41) is 10.4. The number of hydrogen-bond acceptors (Lipinski definition) is 2. The van der Waals surface area contributed by atoms with Gasteiger partial charge >= 0.3 is 0 Å². The average molecular weight is 263 g/mol. The molecule has 3 nitrogen and oxygen atoms in total. The highest BCUT2D eigenvalue weighted by molar-refractivity contribution is 14.1. The molecule has 0 aliphatic heterocycles. The lowest BCUT2D eigenvalue weighted by Gasteiger charge is -1.97. The fourth-order valence-electron chi connectivity index (χ4n) is 0.794. The van der Waals surface area contributed by atoms with E-state index < -0.39 is 0 Å². The van der Waals surface area contributed by atoms with E-state index in [1.54, 1.807) is 13.0 Å². The molecule has 0 unspecified atom stereocenters. The largest absolute Gasteiger partial charge is 0.273 e. The van der Waals surface area contributed by atoms with E-state index in [0.29, 0.717) is 0 Å². The fourth-order valence-corrected chi connectivity index (χ4v) is 1.28. The SMILES string of the molecule is Cc1c(I)cccc1[N+](=O)[O-]. The van der Waals surface area contributed by atoms with Crippen molar-refractivity contribution in [2.75, 3.05) is 0 Å². The van der Waals surface area contributed by atoms with E-state index in [0.717, 1.165) is 9.13 Å². The van der Waals surface area contributed by atoms with Gasteiger partial charge in [0.2, 0.25) is 0 Å². The monoisotopic (exact) mass is 263 g/mol. The van der Waals surface area contributed by atoms with Crippen LogP contribution >= 0.6 is 22.6 Å². The van der Waals surface area contributed by atoms with E-state index in [4.69, 9.17) is 0 Å². The lowest BCUT2D eigenvalue weighted by atomic mass is 10.2. The van der Waals surface area contributed by atoms with Crippen LogP contribution in [0.25, 0.3) is 0 Å². The summed E-state index contributed by atoms with van der Waals surface area (Å²) in [5.41, 5.74) is 0.926. The zero-order chi connectivity index (χ0) is 8.43. The van der Waals surface area contributed by atoms with E-state index in [2.05, 4.69) is 22.6 Å². The summed E-state index contributed by atoms with van der Waals surface area (Å²) >= 11 is 2.08. The first-order chi connectivity index (χ1) is 5.13. The van der Waals surface area contributed by atoms with Gasteiger partial charge in [0.25, 0.3) is 5.69 Å². The third kappa shape index (κ3) is 1.68. The number of nitro benzene ring substituents is 1. The molecule has 0 aliphatic carbocycles. The van der Waals surface area contributed by atoms with Crippen LogP contribution in [0.1, 0.15) is 5.56 Å². The summed E-state index contributed by atoms with van der Waals surface area (Å²) in [5.74, 6) is 0. The minimum Gasteiger partial charge on any atom is -0.258 e. The number of rotatable bonds is 1. The first kappa shape index (κ1) is 8.45. The van der Waals surface area contributed by atoms with Crippen LogP contribution in [0.3, 0.4) is 0 Å². The molecule has 0 amide bonds.